The molecule has 1 aromatic heterocycles. The molecular weight excluding hydrogens is 324 g/mol. The van der Waals surface area contributed by atoms with E-state index in [0.717, 1.165) is 46.3 Å². The number of hydrogen-bond acceptors (Lipinski definition) is 5. The van der Waals surface area contributed by atoms with Crippen LogP contribution < -0.4 is 16.4 Å². The van der Waals surface area contributed by atoms with Gasteiger partial charge >= 0.3 is 0 Å². The van der Waals surface area contributed by atoms with Crippen molar-refractivity contribution in [3.8, 4) is 0 Å². The van der Waals surface area contributed by atoms with E-state index in [1.165, 1.54) is 0 Å². The second-order valence-electron chi connectivity index (χ2n) is 5.97. The first kappa shape index (κ1) is 17.2. The van der Waals surface area contributed by atoms with Crippen LogP contribution in [0.1, 0.15) is 28.6 Å². The van der Waals surface area contributed by atoms with Crippen LogP contribution in [0.25, 0.3) is 0 Å². The summed E-state index contributed by atoms with van der Waals surface area (Å²) < 4.78 is 5.77. The highest BCUT2D eigenvalue weighted by Gasteiger charge is 2.18. The molecule has 2 aromatic rings. The molecule has 1 saturated heterocycles. The average Bonchev–Trinajstić information content (AvgIpc) is 2.60. The molecule has 0 radical (unpaired) electrons. The molecule has 2 heterocycles. The van der Waals surface area contributed by atoms with Crippen LogP contribution in [0.5, 0.6) is 0 Å². The molecule has 5 nitrogen and oxygen atoms in total. The smallest absolute Gasteiger partial charge is 0.0964 e. The molecular formula is C18H23ClN4O. The van der Waals surface area contributed by atoms with Gasteiger partial charge in [0.2, 0.25) is 0 Å². The quantitative estimate of drug-likeness (QED) is 0.776. The number of rotatable bonds is 5. The minimum absolute atomic E-state index is 0.0234. The van der Waals surface area contributed by atoms with E-state index in [0.29, 0.717) is 19.7 Å². The maximum Gasteiger partial charge on any atom is 0.0964 e. The van der Waals surface area contributed by atoms with E-state index >= 15 is 0 Å². The first-order chi connectivity index (χ1) is 11.7. The van der Waals surface area contributed by atoms with Crippen molar-refractivity contribution < 1.29 is 4.74 Å². The number of nitrogens with two attached hydrogens (primary N) is 1. The van der Waals surface area contributed by atoms with E-state index in [1.807, 2.05) is 31.2 Å². The van der Waals surface area contributed by atoms with Crippen molar-refractivity contribution in [2.45, 2.75) is 26.1 Å². The van der Waals surface area contributed by atoms with Crippen molar-refractivity contribution in [2.75, 3.05) is 25.0 Å². The Morgan fingerprint density at radius 1 is 1.38 bits per heavy atom. The Morgan fingerprint density at radius 3 is 2.96 bits per heavy atom. The molecule has 4 N–H and O–H groups in total. The van der Waals surface area contributed by atoms with Crippen molar-refractivity contribution in [3.05, 3.63) is 57.9 Å². The number of nitrogens with zero attached hydrogens (tertiary/aromatic N) is 1. The summed E-state index contributed by atoms with van der Waals surface area (Å²) in [4.78, 5) is 4.39. The number of nitrogens with one attached hydrogen (secondary N) is 2. The normalized spacial score (nSPS) is 17.7. The van der Waals surface area contributed by atoms with Crippen LogP contribution in [-0.4, -0.2) is 24.7 Å². The molecule has 0 saturated carbocycles. The second kappa shape index (κ2) is 7.94. The average molecular weight is 347 g/mol. The number of aryl methyl sites for hydroxylation is 1. The number of hydrogen-bond donors (Lipinski definition) is 3. The van der Waals surface area contributed by atoms with Crippen LogP contribution in [0.4, 0.5) is 5.69 Å². The Morgan fingerprint density at radius 2 is 2.25 bits per heavy atom. The van der Waals surface area contributed by atoms with E-state index < -0.39 is 0 Å². The molecule has 0 unspecified atom stereocenters. The molecule has 1 atom stereocenters. The topological polar surface area (TPSA) is 72.2 Å². The highest BCUT2D eigenvalue weighted by molar-refractivity contribution is 6.31. The molecule has 3 rings (SSSR count). The van der Waals surface area contributed by atoms with Crippen molar-refractivity contribution in [3.63, 3.8) is 0 Å². The Kier molecular flexibility index (Phi) is 5.68. The first-order valence-electron chi connectivity index (χ1n) is 8.18. The molecule has 6 heteroatoms. The molecule has 1 aromatic carbocycles. The second-order valence-corrected chi connectivity index (χ2v) is 6.37. The van der Waals surface area contributed by atoms with E-state index in [-0.39, 0.29) is 6.10 Å². The molecule has 128 valence electrons. The van der Waals surface area contributed by atoms with Gasteiger partial charge in [0.05, 0.1) is 18.4 Å². The number of morpholine rings is 1. The molecule has 1 aliphatic heterocycles. The third-order valence-electron chi connectivity index (χ3n) is 4.05. The Hall–Kier alpha value is -1.66. The third kappa shape index (κ3) is 4.24. The first-order valence-corrected chi connectivity index (χ1v) is 8.55. The predicted molar refractivity (Wildman–Crippen MR) is 97.2 cm³/mol. The lowest BCUT2D eigenvalue weighted by Crippen LogP contribution is -2.33. The van der Waals surface area contributed by atoms with Gasteiger partial charge in [-0.2, -0.15) is 0 Å². The largest absolute Gasteiger partial charge is 0.381 e. The van der Waals surface area contributed by atoms with Gasteiger partial charge in [-0.3, -0.25) is 4.98 Å². The van der Waals surface area contributed by atoms with Gasteiger partial charge < -0.3 is 21.1 Å². The lowest BCUT2D eigenvalue weighted by atomic mass is 10.1. The summed E-state index contributed by atoms with van der Waals surface area (Å²) in [6.07, 6.45) is 0.0234. The van der Waals surface area contributed by atoms with Crippen molar-refractivity contribution in [1.82, 2.24) is 10.3 Å². The molecule has 24 heavy (non-hydrogen) atoms. The van der Waals surface area contributed by atoms with Crippen molar-refractivity contribution in [2.24, 2.45) is 5.73 Å². The van der Waals surface area contributed by atoms with Gasteiger partial charge in [0, 0.05) is 48.1 Å². The number of benzene rings is 1. The fraction of sp³-hybridized carbons (Fsp3) is 0.389. The Bertz CT molecular complexity index is 701. The van der Waals surface area contributed by atoms with Crippen LogP contribution >= 0.6 is 11.6 Å². The minimum atomic E-state index is 0.0234. The summed E-state index contributed by atoms with van der Waals surface area (Å²) in [6, 6.07) is 10.1. The van der Waals surface area contributed by atoms with Gasteiger partial charge in [-0.1, -0.05) is 17.7 Å². The molecule has 0 bridgehead atoms. The van der Waals surface area contributed by atoms with Gasteiger partial charge in [0.1, 0.15) is 0 Å². The summed E-state index contributed by atoms with van der Waals surface area (Å²) in [7, 11) is 0. The predicted octanol–water partition coefficient (Wildman–Crippen LogP) is 2.78. The fourth-order valence-corrected chi connectivity index (χ4v) is 3.19. The zero-order chi connectivity index (χ0) is 16.9. The molecule has 1 aliphatic rings. The summed E-state index contributed by atoms with van der Waals surface area (Å²) in [5.74, 6) is 0. The Labute approximate surface area is 147 Å². The number of anilines is 1. The fourth-order valence-electron chi connectivity index (χ4n) is 2.89. The van der Waals surface area contributed by atoms with Gasteiger partial charge in [-0.15, -0.1) is 0 Å². The van der Waals surface area contributed by atoms with E-state index in [4.69, 9.17) is 22.1 Å². The zero-order valence-electron chi connectivity index (χ0n) is 13.8. The molecule has 1 fully saturated rings. The summed E-state index contributed by atoms with van der Waals surface area (Å²) >= 11 is 6.44. The van der Waals surface area contributed by atoms with Gasteiger partial charge in [-0.25, -0.2) is 0 Å². The number of aromatic nitrogens is 1. The van der Waals surface area contributed by atoms with Gasteiger partial charge in [0.15, 0.2) is 0 Å². The minimum Gasteiger partial charge on any atom is -0.381 e. The molecule has 0 aliphatic carbocycles. The van der Waals surface area contributed by atoms with E-state index in [2.05, 4.69) is 21.7 Å². The maximum absolute atomic E-state index is 6.44. The van der Waals surface area contributed by atoms with Crippen molar-refractivity contribution >= 4 is 17.3 Å². The monoisotopic (exact) mass is 346 g/mol. The van der Waals surface area contributed by atoms with Gasteiger partial charge in [0.25, 0.3) is 0 Å². The van der Waals surface area contributed by atoms with Crippen LogP contribution in [0.15, 0.2) is 30.3 Å². The van der Waals surface area contributed by atoms with Gasteiger partial charge in [-0.05, 0) is 36.8 Å². The summed E-state index contributed by atoms with van der Waals surface area (Å²) in [6.45, 7) is 5.53. The number of ether oxygens (including phenoxy) is 1. The Balaban J connectivity index is 1.67. The molecule has 0 spiro atoms. The lowest BCUT2D eigenvalue weighted by molar-refractivity contribution is 0.0278. The van der Waals surface area contributed by atoms with E-state index in [9.17, 15) is 0 Å². The van der Waals surface area contributed by atoms with Crippen LogP contribution in [-0.2, 0) is 17.8 Å². The van der Waals surface area contributed by atoms with Crippen molar-refractivity contribution in [1.29, 1.82) is 0 Å². The van der Waals surface area contributed by atoms with E-state index in [1.54, 1.807) is 0 Å². The van der Waals surface area contributed by atoms with Crippen LogP contribution in [0.2, 0.25) is 5.02 Å². The zero-order valence-corrected chi connectivity index (χ0v) is 14.6. The van der Waals surface area contributed by atoms with Crippen LogP contribution in [0, 0.1) is 6.92 Å². The standard InChI is InChI=1S/C18H23ClN4O/c1-12-6-13(7-15(9-20)23-12)10-22-14-2-3-16(17(19)8-14)18-11-21-4-5-24-18/h2-3,6-8,18,21-22H,4-5,9-11,20H2,1H3/t18-/m1/s1. The number of pyridine rings is 1. The number of halogens is 1. The summed E-state index contributed by atoms with van der Waals surface area (Å²) in [5.41, 5.74) is 10.7. The van der Waals surface area contributed by atoms with Crippen LogP contribution in [0.3, 0.4) is 0 Å². The molecule has 0 amide bonds. The maximum atomic E-state index is 6.44. The third-order valence-corrected chi connectivity index (χ3v) is 4.37. The highest BCUT2D eigenvalue weighted by Crippen LogP contribution is 2.29. The SMILES string of the molecule is Cc1cc(CNc2ccc([C@H]3CNCCO3)c(Cl)c2)cc(CN)n1. The lowest BCUT2D eigenvalue weighted by Gasteiger charge is -2.25. The highest BCUT2D eigenvalue weighted by atomic mass is 35.5. The summed E-state index contributed by atoms with van der Waals surface area (Å²) in [5, 5.41) is 7.45.